The third-order valence-corrected chi connectivity index (χ3v) is 3.54. The molecule has 0 radical (unpaired) electrons. The van der Waals surface area contributed by atoms with Crippen LogP contribution < -0.4 is 10.1 Å². The van der Waals surface area contributed by atoms with Gasteiger partial charge in [0.2, 0.25) is 0 Å². The zero-order chi connectivity index (χ0) is 15.2. The average Bonchev–Trinajstić information content (AvgIpc) is 2.53. The van der Waals surface area contributed by atoms with Gasteiger partial charge < -0.3 is 20.3 Å². The van der Waals surface area contributed by atoms with Crippen molar-refractivity contribution in [2.75, 3.05) is 13.7 Å². The molecule has 0 saturated carbocycles. The fraction of sp³-hybridized carbons (Fsp3) is 0.294. The molecule has 4 heteroatoms. The van der Waals surface area contributed by atoms with Gasteiger partial charge in [0.1, 0.15) is 11.5 Å². The number of aliphatic hydroxyl groups is 1. The molecule has 0 amide bonds. The molecule has 2 aromatic rings. The smallest absolute Gasteiger partial charge is 0.124 e. The number of methoxy groups -OCH3 is 1. The zero-order valence-electron chi connectivity index (χ0n) is 12.3. The molecule has 2 aromatic carbocycles. The number of aromatic hydroxyl groups is 1. The van der Waals surface area contributed by atoms with Gasteiger partial charge in [0.05, 0.1) is 19.8 Å². The third-order valence-electron chi connectivity index (χ3n) is 3.54. The molecule has 112 valence electrons. The van der Waals surface area contributed by atoms with E-state index in [4.69, 9.17) is 4.74 Å². The average molecular weight is 287 g/mol. The highest BCUT2D eigenvalue weighted by molar-refractivity contribution is 5.41. The maximum atomic E-state index is 10.1. The van der Waals surface area contributed by atoms with Crippen molar-refractivity contribution >= 4 is 0 Å². The van der Waals surface area contributed by atoms with E-state index in [0.29, 0.717) is 5.75 Å². The Morgan fingerprint density at radius 2 is 1.86 bits per heavy atom. The molecule has 0 aliphatic rings. The first-order chi connectivity index (χ1) is 10.2. The van der Waals surface area contributed by atoms with Crippen LogP contribution in [0.5, 0.6) is 11.5 Å². The molecular formula is C17H21NO3. The third kappa shape index (κ3) is 3.74. The summed E-state index contributed by atoms with van der Waals surface area (Å²) >= 11 is 0. The van der Waals surface area contributed by atoms with Gasteiger partial charge in [0.15, 0.2) is 0 Å². The molecule has 0 fully saturated rings. The molecule has 0 saturated heterocycles. The fourth-order valence-corrected chi connectivity index (χ4v) is 2.35. The van der Waals surface area contributed by atoms with Crippen LogP contribution >= 0.6 is 0 Å². The molecule has 3 N–H and O–H groups in total. The van der Waals surface area contributed by atoms with Crippen LogP contribution in [0.3, 0.4) is 0 Å². The first-order valence-electron chi connectivity index (χ1n) is 6.94. The predicted octanol–water partition coefficient (Wildman–Crippen LogP) is 2.79. The molecule has 0 heterocycles. The van der Waals surface area contributed by atoms with E-state index >= 15 is 0 Å². The highest BCUT2D eigenvalue weighted by atomic mass is 16.5. The van der Waals surface area contributed by atoms with Crippen LogP contribution in [-0.2, 0) is 0 Å². The number of phenols is 1. The molecule has 4 nitrogen and oxygen atoms in total. The highest BCUT2D eigenvalue weighted by Gasteiger charge is 2.17. The summed E-state index contributed by atoms with van der Waals surface area (Å²) in [4.78, 5) is 0. The SMILES string of the molecule is COc1ccc(C(C)N[C@@H](CO)c2ccccc2)c(O)c1. The van der Waals surface area contributed by atoms with E-state index in [1.165, 1.54) is 0 Å². The summed E-state index contributed by atoms with van der Waals surface area (Å²) in [5.74, 6) is 0.796. The lowest BCUT2D eigenvalue weighted by atomic mass is 10.0. The molecule has 1 unspecified atom stereocenters. The van der Waals surface area contributed by atoms with E-state index in [1.54, 1.807) is 13.2 Å². The monoisotopic (exact) mass is 287 g/mol. The van der Waals surface area contributed by atoms with Crippen LogP contribution in [0.4, 0.5) is 0 Å². The molecule has 0 spiro atoms. The van der Waals surface area contributed by atoms with Crippen LogP contribution in [-0.4, -0.2) is 23.9 Å². The number of benzene rings is 2. The molecule has 2 rings (SSSR count). The zero-order valence-corrected chi connectivity index (χ0v) is 12.3. The summed E-state index contributed by atoms with van der Waals surface area (Å²) < 4.78 is 5.08. The lowest BCUT2D eigenvalue weighted by Crippen LogP contribution is -2.27. The van der Waals surface area contributed by atoms with Crippen molar-refractivity contribution in [2.24, 2.45) is 0 Å². The number of hydrogen-bond acceptors (Lipinski definition) is 4. The minimum atomic E-state index is -0.178. The Hall–Kier alpha value is -2.04. The molecule has 0 aliphatic carbocycles. The summed E-state index contributed by atoms with van der Waals surface area (Å²) in [5.41, 5.74) is 1.78. The van der Waals surface area contributed by atoms with Crippen molar-refractivity contribution in [3.05, 3.63) is 59.7 Å². The lowest BCUT2D eigenvalue weighted by Gasteiger charge is -2.23. The van der Waals surface area contributed by atoms with Crippen molar-refractivity contribution in [1.82, 2.24) is 5.32 Å². The van der Waals surface area contributed by atoms with Gasteiger partial charge in [-0.25, -0.2) is 0 Å². The highest BCUT2D eigenvalue weighted by Crippen LogP contribution is 2.29. The number of ether oxygens (including phenoxy) is 1. The number of nitrogens with one attached hydrogen (secondary N) is 1. The van der Waals surface area contributed by atoms with Gasteiger partial charge in [-0.15, -0.1) is 0 Å². The summed E-state index contributed by atoms with van der Waals surface area (Å²) in [6, 6.07) is 14.7. The Bertz CT molecular complexity index is 572. The second-order valence-electron chi connectivity index (χ2n) is 4.96. The molecule has 2 atom stereocenters. The number of phenolic OH excluding ortho intramolecular Hbond substituents is 1. The topological polar surface area (TPSA) is 61.7 Å². The van der Waals surface area contributed by atoms with Crippen molar-refractivity contribution in [3.63, 3.8) is 0 Å². The second-order valence-corrected chi connectivity index (χ2v) is 4.96. The summed E-state index contributed by atoms with van der Waals surface area (Å²) in [5, 5.41) is 23.0. The lowest BCUT2D eigenvalue weighted by molar-refractivity contribution is 0.234. The van der Waals surface area contributed by atoms with Crippen LogP contribution in [0, 0.1) is 0 Å². The molecule has 21 heavy (non-hydrogen) atoms. The normalized spacial score (nSPS) is 13.7. The Balaban J connectivity index is 2.14. The largest absolute Gasteiger partial charge is 0.507 e. The van der Waals surface area contributed by atoms with E-state index in [1.807, 2.05) is 49.4 Å². The van der Waals surface area contributed by atoms with E-state index in [9.17, 15) is 10.2 Å². The predicted molar refractivity (Wildman–Crippen MR) is 82.5 cm³/mol. The van der Waals surface area contributed by atoms with Gasteiger partial charge in [-0.05, 0) is 18.6 Å². The van der Waals surface area contributed by atoms with E-state index in [2.05, 4.69) is 5.32 Å². The van der Waals surface area contributed by atoms with E-state index < -0.39 is 0 Å². The fourth-order valence-electron chi connectivity index (χ4n) is 2.35. The summed E-state index contributed by atoms with van der Waals surface area (Å²) in [7, 11) is 1.56. The van der Waals surface area contributed by atoms with Crippen molar-refractivity contribution in [2.45, 2.75) is 19.0 Å². The van der Waals surface area contributed by atoms with Gasteiger partial charge in [-0.2, -0.15) is 0 Å². The van der Waals surface area contributed by atoms with Crippen molar-refractivity contribution < 1.29 is 14.9 Å². The molecule has 0 aromatic heterocycles. The standard InChI is InChI=1S/C17H21NO3/c1-12(15-9-8-14(21-2)10-17(15)20)18-16(11-19)13-6-4-3-5-7-13/h3-10,12,16,18-20H,11H2,1-2H3/t12?,16-/m0/s1. The molecule has 0 aliphatic heterocycles. The van der Waals surface area contributed by atoms with Gasteiger partial charge >= 0.3 is 0 Å². The van der Waals surface area contributed by atoms with Gasteiger partial charge in [-0.3, -0.25) is 0 Å². The van der Waals surface area contributed by atoms with Gasteiger partial charge in [0, 0.05) is 17.7 Å². The van der Waals surface area contributed by atoms with Gasteiger partial charge in [0.25, 0.3) is 0 Å². The minimum Gasteiger partial charge on any atom is -0.507 e. The Morgan fingerprint density at radius 3 is 2.43 bits per heavy atom. The van der Waals surface area contributed by atoms with Crippen LogP contribution in [0.1, 0.15) is 30.1 Å². The van der Waals surface area contributed by atoms with Crippen molar-refractivity contribution in [1.29, 1.82) is 0 Å². The first-order valence-corrected chi connectivity index (χ1v) is 6.94. The minimum absolute atomic E-state index is 0.00866. The van der Waals surface area contributed by atoms with Crippen LogP contribution in [0.15, 0.2) is 48.5 Å². The summed E-state index contributed by atoms with van der Waals surface area (Å²) in [6.45, 7) is 1.94. The number of hydrogen-bond donors (Lipinski definition) is 3. The Morgan fingerprint density at radius 1 is 1.14 bits per heavy atom. The summed E-state index contributed by atoms with van der Waals surface area (Å²) in [6.07, 6.45) is 0. The Kier molecular flexibility index (Phi) is 5.20. The second kappa shape index (κ2) is 7.11. The maximum absolute atomic E-state index is 10.1. The van der Waals surface area contributed by atoms with E-state index in [-0.39, 0.29) is 24.4 Å². The van der Waals surface area contributed by atoms with Crippen molar-refractivity contribution in [3.8, 4) is 11.5 Å². The van der Waals surface area contributed by atoms with E-state index in [0.717, 1.165) is 11.1 Å². The molecular weight excluding hydrogens is 266 g/mol. The maximum Gasteiger partial charge on any atom is 0.124 e. The van der Waals surface area contributed by atoms with Gasteiger partial charge in [-0.1, -0.05) is 36.4 Å². The Labute approximate surface area is 125 Å². The number of rotatable bonds is 6. The first kappa shape index (κ1) is 15.4. The van der Waals surface area contributed by atoms with Crippen LogP contribution in [0.2, 0.25) is 0 Å². The quantitative estimate of drug-likeness (QED) is 0.764. The molecule has 0 bridgehead atoms. The number of aliphatic hydroxyl groups excluding tert-OH is 1. The van der Waals surface area contributed by atoms with Crippen LogP contribution in [0.25, 0.3) is 0 Å².